The molecule has 0 saturated carbocycles. The fraction of sp³-hybridized carbons (Fsp3) is 0.304. The maximum absolute atomic E-state index is 12.3. The topological polar surface area (TPSA) is 55.8 Å². The van der Waals surface area contributed by atoms with Crippen LogP contribution in [0.15, 0.2) is 54.1 Å². The van der Waals surface area contributed by atoms with Gasteiger partial charge in [0.25, 0.3) is 0 Å². The molecule has 3 rings (SSSR count). The molecule has 0 fully saturated rings. The molecule has 0 N–H and O–H groups in total. The van der Waals surface area contributed by atoms with Crippen molar-refractivity contribution in [3.05, 3.63) is 70.8 Å². The second-order valence-electron chi connectivity index (χ2n) is 6.33. The summed E-state index contributed by atoms with van der Waals surface area (Å²) in [5.41, 5.74) is 3.44. The zero-order valence-electron chi connectivity index (χ0n) is 17.2. The zero-order chi connectivity index (χ0) is 20.8. The number of esters is 2. The van der Waals surface area contributed by atoms with E-state index in [1.165, 1.54) is 11.6 Å². The van der Waals surface area contributed by atoms with Crippen LogP contribution in [0.4, 0.5) is 5.69 Å². The number of carbonyl (C=O) groups is 2. The van der Waals surface area contributed by atoms with Gasteiger partial charge in [-0.15, -0.1) is 0 Å². The minimum Gasteiger partial charge on any atom is -0.462 e. The maximum atomic E-state index is 12.3. The van der Waals surface area contributed by atoms with Crippen LogP contribution in [-0.2, 0) is 32.0 Å². The Hall–Kier alpha value is -3.08. The summed E-state index contributed by atoms with van der Waals surface area (Å²) < 4.78 is 18.8. The number of carbonyl (C=O) groups excluding carboxylic acids is 2. The monoisotopic (exact) mass is 380 g/mol. The van der Waals surface area contributed by atoms with Gasteiger partial charge >= 0.3 is 11.9 Å². The Labute approximate surface area is 167 Å². The summed E-state index contributed by atoms with van der Waals surface area (Å²) in [6.07, 6.45) is 2.32. The molecular weight excluding hydrogens is 354 g/mol. The average molecular weight is 380 g/mol. The van der Waals surface area contributed by atoms with E-state index >= 15 is 0 Å². The SMILES string of the molecule is [2H][C@@H]1c2ccccc2CCN1c1ccccc1C=C(C(=O)OCC)C(=O)OCC. The standard InChI is InChI=1S/C23H25NO4/c1-3-27-22(25)20(23(26)28-4-2)15-18-10-7-8-12-21(18)24-14-13-17-9-5-6-11-19(17)16-24/h5-12,15H,3-4,13-14,16H2,1-2H3/i16D/t16-/m1/s1. The summed E-state index contributed by atoms with van der Waals surface area (Å²) in [6.45, 7) is 3.80. The van der Waals surface area contributed by atoms with Crippen molar-refractivity contribution in [2.24, 2.45) is 0 Å². The normalized spacial score (nSPS) is 15.9. The van der Waals surface area contributed by atoms with Crippen LogP contribution in [0, 0.1) is 0 Å². The Kier molecular flexibility index (Phi) is 6.02. The number of hydrogen-bond donors (Lipinski definition) is 0. The molecule has 0 radical (unpaired) electrons. The Bertz CT molecular complexity index is 905. The third kappa shape index (κ3) is 4.42. The predicted octanol–water partition coefficient (Wildman–Crippen LogP) is 3.76. The molecule has 2 aromatic carbocycles. The van der Waals surface area contributed by atoms with Crippen LogP contribution < -0.4 is 4.90 Å². The molecule has 0 saturated heterocycles. The van der Waals surface area contributed by atoms with Crippen molar-refractivity contribution in [1.29, 1.82) is 0 Å². The molecular formula is C23H25NO4. The highest BCUT2D eigenvalue weighted by Gasteiger charge is 2.23. The molecule has 0 amide bonds. The third-order valence-corrected chi connectivity index (χ3v) is 4.51. The fourth-order valence-electron chi connectivity index (χ4n) is 3.20. The molecule has 146 valence electrons. The number of hydrogen-bond acceptors (Lipinski definition) is 5. The van der Waals surface area contributed by atoms with Gasteiger partial charge < -0.3 is 14.4 Å². The molecule has 5 nitrogen and oxygen atoms in total. The minimum atomic E-state index is -0.716. The summed E-state index contributed by atoms with van der Waals surface area (Å²) in [7, 11) is 0. The first-order valence-electron chi connectivity index (χ1n) is 10.1. The van der Waals surface area contributed by atoms with E-state index in [1.807, 2.05) is 47.4 Å². The van der Waals surface area contributed by atoms with Gasteiger partial charge in [-0.2, -0.15) is 0 Å². The lowest BCUT2D eigenvalue weighted by Gasteiger charge is -2.32. The van der Waals surface area contributed by atoms with E-state index in [9.17, 15) is 9.59 Å². The van der Waals surface area contributed by atoms with E-state index in [4.69, 9.17) is 10.8 Å². The Morgan fingerprint density at radius 2 is 1.61 bits per heavy atom. The van der Waals surface area contributed by atoms with Gasteiger partial charge in [0.1, 0.15) is 5.57 Å². The van der Waals surface area contributed by atoms with Crippen LogP contribution in [0.5, 0.6) is 0 Å². The molecule has 1 aliphatic rings. The first-order chi connectivity index (χ1) is 14.1. The number of rotatable bonds is 6. The highest BCUT2D eigenvalue weighted by Crippen LogP contribution is 2.29. The molecule has 0 aromatic heterocycles. The maximum Gasteiger partial charge on any atom is 0.345 e. The van der Waals surface area contributed by atoms with Crippen molar-refractivity contribution in [2.45, 2.75) is 26.8 Å². The Balaban J connectivity index is 2.01. The van der Waals surface area contributed by atoms with E-state index in [-0.39, 0.29) is 18.8 Å². The van der Waals surface area contributed by atoms with Crippen molar-refractivity contribution in [2.75, 3.05) is 24.7 Å². The second kappa shape index (κ2) is 9.22. The van der Waals surface area contributed by atoms with E-state index in [0.29, 0.717) is 12.1 Å². The summed E-state index contributed by atoms with van der Waals surface area (Å²) in [5, 5.41) is 0. The van der Waals surface area contributed by atoms with Gasteiger partial charge in [-0.3, -0.25) is 0 Å². The molecule has 1 atom stereocenters. The molecule has 0 spiro atoms. The van der Waals surface area contributed by atoms with Crippen molar-refractivity contribution in [3.8, 4) is 0 Å². The average Bonchev–Trinajstić information content (AvgIpc) is 2.73. The molecule has 28 heavy (non-hydrogen) atoms. The van der Waals surface area contributed by atoms with Crippen LogP contribution >= 0.6 is 0 Å². The molecule has 5 heteroatoms. The quantitative estimate of drug-likeness (QED) is 0.331. The number of ether oxygens (including phenoxy) is 2. The van der Waals surface area contributed by atoms with Crippen molar-refractivity contribution in [1.82, 2.24) is 0 Å². The van der Waals surface area contributed by atoms with Crippen LogP contribution in [0.2, 0.25) is 0 Å². The number of nitrogens with zero attached hydrogens (tertiary/aromatic N) is 1. The smallest absolute Gasteiger partial charge is 0.345 e. The molecule has 2 aromatic rings. The lowest BCUT2D eigenvalue weighted by Crippen LogP contribution is -2.30. The number of benzene rings is 2. The summed E-state index contributed by atoms with van der Waals surface area (Å²) in [4.78, 5) is 26.6. The van der Waals surface area contributed by atoms with Gasteiger partial charge in [0.2, 0.25) is 0 Å². The van der Waals surface area contributed by atoms with Gasteiger partial charge in [-0.25, -0.2) is 9.59 Å². The molecule has 1 aliphatic heterocycles. The van der Waals surface area contributed by atoms with Crippen molar-refractivity contribution in [3.63, 3.8) is 0 Å². The fourth-order valence-corrected chi connectivity index (χ4v) is 3.20. The molecule has 0 aliphatic carbocycles. The first-order valence-corrected chi connectivity index (χ1v) is 9.48. The van der Waals surface area contributed by atoms with Crippen LogP contribution in [0.3, 0.4) is 0 Å². The van der Waals surface area contributed by atoms with Crippen LogP contribution in [0.25, 0.3) is 6.08 Å². The number of anilines is 1. The predicted molar refractivity (Wildman–Crippen MR) is 109 cm³/mol. The lowest BCUT2D eigenvalue weighted by atomic mass is 9.98. The van der Waals surface area contributed by atoms with Crippen molar-refractivity contribution >= 4 is 23.7 Å². The number of para-hydroxylation sites is 1. The first kappa shape index (κ1) is 18.3. The molecule has 0 bridgehead atoms. The van der Waals surface area contributed by atoms with Gasteiger partial charge in [0.15, 0.2) is 0 Å². The van der Waals surface area contributed by atoms with E-state index in [1.54, 1.807) is 13.8 Å². The highest BCUT2D eigenvalue weighted by atomic mass is 16.6. The zero-order valence-corrected chi connectivity index (χ0v) is 16.2. The van der Waals surface area contributed by atoms with Crippen LogP contribution in [0.1, 0.15) is 31.9 Å². The number of fused-ring (bicyclic) bond motifs is 1. The largest absolute Gasteiger partial charge is 0.462 e. The van der Waals surface area contributed by atoms with E-state index in [0.717, 1.165) is 17.7 Å². The van der Waals surface area contributed by atoms with E-state index in [2.05, 4.69) is 6.07 Å². The lowest BCUT2D eigenvalue weighted by molar-refractivity contribution is -0.146. The highest BCUT2D eigenvalue weighted by molar-refractivity contribution is 6.18. The molecule has 0 unspecified atom stereocenters. The minimum absolute atomic E-state index is 0.153. The van der Waals surface area contributed by atoms with Gasteiger partial charge in [0.05, 0.1) is 14.6 Å². The van der Waals surface area contributed by atoms with Crippen molar-refractivity contribution < 1.29 is 20.4 Å². The third-order valence-electron chi connectivity index (χ3n) is 4.51. The molecule has 1 heterocycles. The Morgan fingerprint density at radius 1 is 1.00 bits per heavy atom. The Morgan fingerprint density at radius 3 is 2.29 bits per heavy atom. The van der Waals surface area contributed by atoms with E-state index < -0.39 is 18.5 Å². The summed E-state index contributed by atoms with van der Waals surface area (Å²) >= 11 is 0. The van der Waals surface area contributed by atoms with Gasteiger partial charge in [0, 0.05) is 18.8 Å². The van der Waals surface area contributed by atoms with Gasteiger partial charge in [-0.05, 0) is 49.1 Å². The second-order valence-corrected chi connectivity index (χ2v) is 6.33. The summed E-state index contributed by atoms with van der Waals surface area (Å²) in [6, 6.07) is 15.4. The van der Waals surface area contributed by atoms with Gasteiger partial charge in [-0.1, -0.05) is 42.5 Å². The summed E-state index contributed by atoms with van der Waals surface area (Å²) in [5.74, 6) is -1.43. The van der Waals surface area contributed by atoms with Crippen LogP contribution in [-0.4, -0.2) is 31.7 Å².